The van der Waals surface area contributed by atoms with Gasteiger partial charge in [-0.15, -0.1) is 0 Å². The molecule has 0 bridgehead atoms. The summed E-state index contributed by atoms with van der Waals surface area (Å²) in [7, 11) is 0. The summed E-state index contributed by atoms with van der Waals surface area (Å²) >= 11 is 0. The number of carbonyl (C=O) groups is 1. The molecule has 0 spiro atoms. The summed E-state index contributed by atoms with van der Waals surface area (Å²) in [6, 6.07) is -0.00211. The summed E-state index contributed by atoms with van der Waals surface area (Å²) in [5.74, 6) is 1.70. The molecule has 1 amide bonds. The van der Waals surface area contributed by atoms with E-state index in [1.165, 1.54) is 25.7 Å². The van der Waals surface area contributed by atoms with E-state index in [0.717, 1.165) is 49.8 Å². The monoisotopic (exact) mass is 264 g/mol. The van der Waals surface area contributed by atoms with E-state index in [2.05, 4.69) is 24.1 Å². The molecule has 1 aliphatic carbocycles. The van der Waals surface area contributed by atoms with E-state index in [4.69, 9.17) is 0 Å². The lowest BCUT2D eigenvalue weighted by Crippen LogP contribution is -2.52. The van der Waals surface area contributed by atoms with Gasteiger partial charge in [0.2, 0.25) is 5.91 Å². The zero-order valence-electron chi connectivity index (χ0n) is 12.2. The zero-order valence-corrected chi connectivity index (χ0v) is 12.2. The average Bonchev–Trinajstić information content (AvgIpc) is 2.44. The van der Waals surface area contributed by atoms with Gasteiger partial charge in [0.1, 0.15) is 0 Å². The first kappa shape index (κ1) is 14.6. The number of unbranched alkanes of at least 4 members (excludes halogenated alkanes) is 1. The van der Waals surface area contributed by atoms with Gasteiger partial charge in [0.05, 0.1) is 6.04 Å². The molecule has 3 heteroatoms. The minimum atomic E-state index is -0.00211. The Labute approximate surface area is 117 Å². The van der Waals surface area contributed by atoms with Crippen LogP contribution in [0.3, 0.4) is 0 Å². The van der Waals surface area contributed by atoms with Crippen molar-refractivity contribution in [2.24, 2.45) is 11.8 Å². The van der Waals surface area contributed by atoms with Gasteiger partial charge < -0.3 is 10.6 Å². The molecule has 1 heterocycles. The van der Waals surface area contributed by atoms with Crippen molar-refractivity contribution in [2.45, 2.75) is 64.3 Å². The quantitative estimate of drug-likeness (QED) is 0.801. The number of hydrogen-bond acceptors (Lipinski definition) is 2. The van der Waals surface area contributed by atoms with Crippen LogP contribution < -0.4 is 10.6 Å². The van der Waals surface area contributed by atoms with Crippen molar-refractivity contribution in [2.75, 3.05) is 6.54 Å². The highest BCUT2D eigenvalue weighted by Crippen LogP contribution is 2.35. The fourth-order valence-electron chi connectivity index (χ4n) is 3.46. The molecule has 1 saturated carbocycles. The summed E-state index contributed by atoms with van der Waals surface area (Å²) < 4.78 is 0. The van der Waals surface area contributed by atoms with Crippen LogP contribution in [-0.2, 0) is 4.79 Å². The number of fused-ring (bicyclic) bond motifs is 1. The van der Waals surface area contributed by atoms with Gasteiger partial charge in [-0.25, -0.2) is 0 Å². The minimum absolute atomic E-state index is 0.00211. The Morgan fingerprint density at radius 1 is 1.32 bits per heavy atom. The van der Waals surface area contributed by atoms with Crippen molar-refractivity contribution in [3.05, 3.63) is 12.3 Å². The third-order valence-corrected chi connectivity index (χ3v) is 4.68. The van der Waals surface area contributed by atoms with Gasteiger partial charge in [0.15, 0.2) is 0 Å². The topological polar surface area (TPSA) is 41.1 Å². The van der Waals surface area contributed by atoms with Gasteiger partial charge in [0.25, 0.3) is 0 Å². The number of allylic oxidation sites excluding steroid dienone is 1. The van der Waals surface area contributed by atoms with Crippen LogP contribution in [0.1, 0.15) is 58.3 Å². The van der Waals surface area contributed by atoms with Crippen molar-refractivity contribution in [1.29, 1.82) is 0 Å². The summed E-state index contributed by atoms with van der Waals surface area (Å²) in [5, 5.41) is 6.41. The Bertz CT molecular complexity index is 327. The standard InChI is InChI=1S/C16H28N2O/c1-3-4-7-12(2)18-16(19)15-10-13-8-5-6-9-14(13)11-17-15/h13-15,17H,2-11H2,1H3,(H,18,19)/t13-,14+,15-/m0/s1. The van der Waals surface area contributed by atoms with Crippen LogP contribution in [0.2, 0.25) is 0 Å². The number of nitrogens with one attached hydrogen (secondary N) is 2. The molecule has 3 nitrogen and oxygen atoms in total. The van der Waals surface area contributed by atoms with Gasteiger partial charge in [-0.1, -0.05) is 39.2 Å². The lowest BCUT2D eigenvalue weighted by atomic mass is 9.73. The van der Waals surface area contributed by atoms with E-state index >= 15 is 0 Å². The number of hydrogen-bond donors (Lipinski definition) is 2. The fourth-order valence-corrected chi connectivity index (χ4v) is 3.46. The van der Waals surface area contributed by atoms with Crippen LogP contribution in [0.5, 0.6) is 0 Å². The molecular weight excluding hydrogens is 236 g/mol. The fraction of sp³-hybridized carbons (Fsp3) is 0.812. The van der Waals surface area contributed by atoms with Crippen LogP contribution in [-0.4, -0.2) is 18.5 Å². The number of rotatable bonds is 5. The maximum atomic E-state index is 12.2. The highest BCUT2D eigenvalue weighted by Gasteiger charge is 2.34. The predicted octanol–water partition coefficient (Wildman–Crippen LogP) is 2.97. The molecule has 0 aromatic heterocycles. The first-order chi connectivity index (χ1) is 9.20. The predicted molar refractivity (Wildman–Crippen MR) is 78.7 cm³/mol. The Kier molecular flexibility index (Phi) is 5.44. The Balaban J connectivity index is 1.78. The summed E-state index contributed by atoms with van der Waals surface area (Å²) in [6.07, 6.45) is 9.52. The number of carbonyl (C=O) groups excluding carboxylic acids is 1. The molecular formula is C16H28N2O. The number of piperidine rings is 1. The van der Waals surface area contributed by atoms with Gasteiger partial charge >= 0.3 is 0 Å². The smallest absolute Gasteiger partial charge is 0.241 e. The maximum absolute atomic E-state index is 12.2. The van der Waals surface area contributed by atoms with E-state index in [-0.39, 0.29) is 11.9 Å². The largest absolute Gasteiger partial charge is 0.329 e. The molecule has 1 aliphatic heterocycles. The first-order valence-electron chi connectivity index (χ1n) is 7.92. The van der Waals surface area contributed by atoms with E-state index < -0.39 is 0 Å². The second-order valence-electron chi connectivity index (χ2n) is 6.20. The second-order valence-corrected chi connectivity index (χ2v) is 6.20. The van der Waals surface area contributed by atoms with E-state index in [0.29, 0.717) is 0 Å². The normalized spacial score (nSPS) is 30.5. The lowest BCUT2D eigenvalue weighted by molar-refractivity contribution is -0.123. The van der Waals surface area contributed by atoms with Crippen LogP contribution in [0, 0.1) is 11.8 Å². The minimum Gasteiger partial charge on any atom is -0.329 e. The van der Waals surface area contributed by atoms with Crippen molar-refractivity contribution < 1.29 is 4.79 Å². The van der Waals surface area contributed by atoms with Crippen molar-refractivity contribution >= 4 is 5.91 Å². The van der Waals surface area contributed by atoms with Gasteiger partial charge in [-0.05, 0) is 44.1 Å². The van der Waals surface area contributed by atoms with E-state index in [1.807, 2.05) is 0 Å². The molecule has 2 aliphatic rings. The van der Waals surface area contributed by atoms with Gasteiger partial charge in [-0.3, -0.25) is 4.79 Å². The third kappa shape index (κ3) is 4.07. The lowest BCUT2D eigenvalue weighted by Gasteiger charge is -2.39. The summed E-state index contributed by atoms with van der Waals surface area (Å²) in [6.45, 7) is 7.12. The number of amides is 1. The molecule has 2 fully saturated rings. The molecule has 108 valence electrons. The first-order valence-corrected chi connectivity index (χ1v) is 7.92. The molecule has 0 unspecified atom stereocenters. The van der Waals surface area contributed by atoms with Crippen LogP contribution >= 0.6 is 0 Å². The Hall–Kier alpha value is -0.830. The Morgan fingerprint density at radius 3 is 2.79 bits per heavy atom. The summed E-state index contributed by atoms with van der Waals surface area (Å²) in [5.41, 5.74) is 0.874. The highest BCUT2D eigenvalue weighted by molar-refractivity contribution is 5.83. The van der Waals surface area contributed by atoms with Crippen molar-refractivity contribution in [1.82, 2.24) is 10.6 Å². The SMILES string of the molecule is C=C(CCCC)NC(=O)[C@@H]1C[C@@H]2CCCC[C@@H]2CN1. The molecule has 19 heavy (non-hydrogen) atoms. The van der Waals surface area contributed by atoms with Crippen LogP contribution in [0.4, 0.5) is 0 Å². The second kappa shape index (κ2) is 7.09. The van der Waals surface area contributed by atoms with Gasteiger partial charge in [0, 0.05) is 5.70 Å². The molecule has 3 atom stereocenters. The third-order valence-electron chi connectivity index (χ3n) is 4.68. The van der Waals surface area contributed by atoms with Crippen molar-refractivity contribution in [3.8, 4) is 0 Å². The maximum Gasteiger partial charge on any atom is 0.241 e. The highest BCUT2D eigenvalue weighted by atomic mass is 16.2. The van der Waals surface area contributed by atoms with E-state index in [1.54, 1.807) is 0 Å². The molecule has 0 aromatic rings. The molecule has 1 saturated heterocycles. The van der Waals surface area contributed by atoms with Crippen LogP contribution in [0.15, 0.2) is 12.3 Å². The molecule has 0 aromatic carbocycles. The molecule has 0 radical (unpaired) electrons. The Morgan fingerprint density at radius 2 is 2.05 bits per heavy atom. The van der Waals surface area contributed by atoms with Gasteiger partial charge in [-0.2, -0.15) is 0 Å². The van der Waals surface area contributed by atoms with Crippen molar-refractivity contribution in [3.63, 3.8) is 0 Å². The molecule has 2 N–H and O–H groups in total. The van der Waals surface area contributed by atoms with Crippen LogP contribution in [0.25, 0.3) is 0 Å². The van der Waals surface area contributed by atoms with E-state index in [9.17, 15) is 4.79 Å². The zero-order chi connectivity index (χ0) is 13.7. The average molecular weight is 264 g/mol. The molecule has 2 rings (SSSR count). The summed E-state index contributed by atoms with van der Waals surface area (Å²) in [4.78, 5) is 12.2.